The third kappa shape index (κ3) is 19.8. The first-order valence-corrected chi connectivity index (χ1v) is 14.8. The summed E-state index contributed by atoms with van der Waals surface area (Å²) in [5.41, 5.74) is 0. The molecule has 4 nitrogen and oxygen atoms in total. The van der Waals surface area contributed by atoms with Gasteiger partial charge in [-0.2, -0.15) is 0 Å². The highest BCUT2D eigenvalue weighted by atomic mass is 16.6. The van der Waals surface area contributed by atoms with E-state index >= 15 is 0 Å². The average molecular weight is 471 g/mol. The van der Waals surface area contributed by atoms with Crippen molar-refractivity contribution in [1.82, 2.24) is 0 Å². The van der Waals surface area contributed by atoms with Gasteiger partial charge in [0.2, 0.25) is 0 Å². The topological polar surface area (TPSA) is 47.9 Å². The molecule has 0 aromatic heterocycles. The Labute approximate surface area is 206 Å². The molecule has 0 aromatic carbocycles. The summed E-state index contributed by atoms with van der Waals surface area (Å²) in [7, 11) is 0. The molecular weight excluding hydrogens is 412 g/mol. The van der Waals surface area contributed by atoms with Gasteiger partial charge in [0.15, 0.2) is 0 Å². The van der Waals surface area contributed by atoms with Gasteiger partial charge in [0, 0.05) is 26.4 Å². The summed E-state index contributed by atoms with van der Waals surface area (Å²) in [4.78, 5) is 0. The van der Waals surface area contributed by atoms with Crippen molar-refractivity contribution in [3.05, 3.63) is 0 Å². The van der Waals surface area contributed by atoms with Crippen molar-refractivity contribution in [2.75, 3.05) is 33.0 Å². The molecule has 1 rings (SSSR count). The summed E-state index contributed by atoms with van der Waals surface area (Å²) in [6.45, 7) is 5.79. The number of hydrogen-bond donors (Lipinski definition) is 1. The fraction of sp³-hybridized carbons (Fsp3) is 1.00. The number of hydrogen-bond acceptors (Lipinski definition) is 4. The Balaban J connectivity index is 1.88. The van der Waals surface area contributed by atoms with Crippen LogP contribution in [-0.2, 0) is 14.2 Å². The van der Waals surface area contributed by atoms with E-state index in [1.54, 1.807) is 0 Å². The van der Waals surface area contributed by atoms with Crippen LogP contribution in [0.15, 0.2) is 0 Å². The molecule has 2 atom stereocenters. The molecule has 0 bridgehead atoms. The van der Waals surface area contributed by atoms with E-state index in [-0.39, 0.29) is 12.2 Å². The maximum absolute atomic E-state index is 8.81. The minimum atomic E-state index is 0.111. The van der Waals surface area contributed by atoms with E-state index in [1.165, 1.54) is 103 Å². The van der Waals surface area contributed by atoms with E-state index in [1.807, 2.05) is 0 Å². The predicted molar refractivity (Wildman–Crippen MR) is 140 cm³/mol. The number of unbranched alkanes of at least 4 members (excludes halogenated alkanes) is 17. The van der Waals surface area contributed by atoms with Crippen molar-refractivity contribution in [2.24, 2.45) is 0 Å². The van der Waals surface area contributed by atoms with Crippen LogP contribution in [0.5, 0.6) is 0 Å². The van der Waals surface area contributed by atoms with E-state index in [0.29, 0.717) is 13.2 Å². The molecule has 1 N–H and O–H groups in total. The lowest BCUT2D eigenvalue weighted by Gasteiger charge is -2.31. The van der Waals surface area contributed by atoms with Crippen LogP contribution >= 0.6 is 0 Å². The van der Waals surface area contributed by atoms with Crippen LogP contribution in [0.4, 0.5) is 0 Å². The van der Waals surface area contributed by atoms with Gasteiger partial charge in [-0.1, -0.05) is 110 Å². The van der Waals surface area contributed by atoms with Crippen molar-refractivity contribution < 1.29 is 19.3 Å². The molecule has 0 aliphatic carbocycles. The number of rotatable bonds is 25. The lowest BCUT2D eigenvalue weighted by Crippen LogP contribution is -2.39. The predicted octanol–water partition coefficient (Wildman–Crippen LogP) is 7.99. The second-order valence-electron chi connectivity index (χ2n) is 10.1. The van der Waals surface area contributed by atoms with Gasteiger partial charge in [0.05, 0.1) is 12.7 Å². The largest absolute Gasteiger partial charge is 0.396 e. The van der Waals surface area contributed by atoms with Crippen LogP contribution in [0.3, 0.4) is 0 Å². The first kappa shape index (κ1) is 30.9. The van der Waals surface area contributed by atoms with Crippen LogP contribution < -0.4 is 0 Å². The second kappa shape index (κ2) is 24.9. The zero-order valence-electron chi connectivity index (χ0n) is 22.2. The van der Waals surface area contributed by atoms with Gasteiger partial charge < -0.3 is 19.3 Å². The van der Waals surface area contributed by atoms with Gasteiger partial charge >= 0.3 is 0 Å². The molecule has 1 heterocycles. The van der Waals surface area contributed by atoms with Crippen LogP contribution in [0, 0.1) is 0 Å². The quantitative estimate of drug-likeness (QED) is 0.137. The van der Waals surface area contributed by atoms with Crippen molar-refractivity contribution in [1.29, 1.82) is 0 Å². The van der Waals surface area contributed by atoms with Crippen LogP contribution in [0.2, 0.25) is 0 Å². The second-order valence-corrected chi connectivity index (χ2v) is 10.1. The van der Waals surface area contributed by atoms with Crippen molar-refractivity contribution in [2.45, 2.75) is 154 Å². The molecule has 0 unspecified atom stereocenters. The Hall–Kier alpha value is -0.160. The first-order chi connectivity index (χ1) is 16.4. The normalized spacial score (nSPS) is 18.7. The van der Waals surface area contributed by atoms with Crippen LogP contribution in [0.1, 0.15) is 142 Å². The summed E-state index contributed by atoms with van der Waals surface area (Å²) in [5, 5.41) is 8.81. The first-order valence-electron chi connectivity index (χ1n) is 14.8. The monoisotopic (exact) mass is 470 g/mol. The van der Waals surface area contributed by atoms with Crippen LogP contribution in [0.25, 0.3) is 0 Å². The highest BCUT2D eigenvalue weighted by Crippen LogP contribution is 2.19. The number of ether oxygens (including phenoxy) is 3. The molecule has 198 valence electrons. The molecular formula is C29H58O4. The standard InChI is InChI=1S/C29H58O4/c1-2-3-4-5-6-7-8-9-10-11-12-13-17-20-25-32-28-22-21-26-33-29(28)27-31-24-19-16-14-15-18-23-30/h28-30H,2-27H2,1H3/t28-,29-/m0/s1. The summed E-state index contributed by atoms with van der Waals surface area (Å²) < 4.78 is 18.0. The Kier molecular flexibility index (Phi) is 23.3. The Bertz CT molecular complexity index is 377. The molecule has 0 saturated carbocycles. The molecule has 0 amide bonds. The number of aliphatic hydroxyl groups excluding tert-OH is 1. The van der Waals surface area contributed by atoms with Crippen molar-refractivity contribution in [3.63, 3.8) is 0 Å². The average Bonchev–Trinajstić information content (AvgIpc) is 2.84. The van der Waals surface area contributed by atoms with Gasteiger partial charge in [0.25, 0.3) is 0 Å². The third-order valence-electron chi connectivity index (χ3n) is 6.94. The van der Waals surface area contributed by atoms with Gasteiger partial charge in [-0.25, -0.2) is 0 Å². The lowest BCUT2D eigenvalue weighted by atomic mass is 10.0. The number of aliphatic hydroxyl groups is 1. The Morgan fingerprint density at radius 2 is 1.18 bits per heavy atom. The van der Waals surface area contributed by atoms with E-state index in [9.17, 15) is 0 Å². The van der Waals surface area contributed by atoms with E-state index in [0.717, 1.165) is 51.9 Å². The van der Waals surface area contributed by atoms with Gasteiger partial charge in [-0.05, 0) is 32.1 Å². The minimum Gasteiger partial charge on any atom is -0.396 e. The van der Waals surface area contributed by atoms with E-state index < -0.39 is 0 Å². The van der Waals surface area contributed by atoms with Gasteiger partial charge in [-0.3, -0.25) is 0 Å². The molecule has 1 aliphatic heterocycles. The van der Waals surface area contributed by atoms with Gasteiger partial charge in [-0.15, -0.1) is 0 Å². The maximum Gasteiger partial charge on any atom is 0.107 e. The zero-order chi connectivity index (χ0) is 23.7. The fourth-order valence-corrected chi connectivity index (χ4v) is 4.74. The fourth-order valence-electron chi connectivity index (χ4n) is 4.74. The minimum absolute atomic E-state index is 0.111. The highest BCUT2D eigenvalue weighted by molar-refractivity contribution is 4.75. The molecule has 33 heavy (non-hydrogen) atoms. The third-order valence-corrected chi connectivity index (χ3v) is 6.94. The Morgan fingerprint density at radius 1 is 0.667 bits per heavy atom. The highest BCUT2D eigenvalue weighted by Gasteiger charge is 2.26. The van der Waals surface area contributed by atoms with Crippen molar-refractivity contribution in [3.8, 4) is 0 Å². The SMILES string of the molecule is CCCCCCCCCCCCCCCCO[C@H]1CCCO[C@H]1COCCCCCCCO. The molecule has 4 heteroatoms. The molecule has 0 aromatic rings. The summed E-state index contributed by atoms with van der Waals surface area (Å²) in [6, 6.07) is 0. The summed E-state index contributed by atoms with van der Waals surface area (Å²) in [5.74, 6) is 0. The maximum atomic E-state index is 8.81. The molecule has 0 spiro atoms. The molecule has 1 fully saturated rings. The van der Waals surface area contributed by atoms with E-state index in [2.05, 4.69) is 6.92 Å². The Morgan fingerprint density at radius 3 is 1.76 bits per heavy atom. The molecule has 1 saturated heterocycles. The molecule has 1 aliphatic rings. The van der Waals surface area contributed by atoms with E-state index in [4.69, 9.17) is 19.3 Å². The summed E-state index contributed by atoms with van der Waals surface area (Å²) >= 11 is 0. The van der Waals surface area contributed by atoms with Crippen LogP contribution in [-0.4, -0.2) is 50.3 Å². The van der Waals surface area contributed by atoms with Crippen molar-refractivity contribution >= 4 is 0 Å². The lowest BCUT2D eigenvalue weighted by molar-refractivity contribution is -0.131. The molecule has 0 radical (unpaired) electrons. The smallest absolute Gasteiger partial charge is 0.107 e. The van der Waals surface area contributed by atoms with Gasteiger partial charge in [0.1, 0.15) is 6.10 Å². The summed E-state index contributed by atoms with van der Waals surface area (Å²) in [6.07, 6.45) is 27.5. The zero-order valence-corrected chi connectivity index (χ0v) is 22.2.